The molecular formula is C13H28. The van der Waals surface area contributed by atoms with Gasteiger partial charge in [0, 0.05) is 0 Å². The molecule has 0 bridgehead atoms. The first-order chi connectivity index (χ1) is 5.85. The second kappa shape index (κ2) is 11.7. The molecule has 0 saturated heterocycles. The first kappa shape index (κ1) is 15.2. The molecule has 0 heterocycles. The van der Waals surface area contributed by atoms with E-state index in [1.807, 2.05) is 6.08 Å². The molecule has 0 nitrogen and oxygen atoms in total. The molecule has 0 radical (unpaired) electrons. The summed E-state index contributed by atoms with van der Waals surface area (Å²) >= 11 is 0. The Balaban J connectivity index is 0. The molecule has 0 aliphatic rings. The number of rotatable bonds is 8. The van der Waals surface area contributed by atoms with Crippen LogP contribution >= 0.6 is 0 Å². The van der Waals surface area contributed by atoms with Gasteiger partial charge in [-0.2, -0.15) is 0 Å². The minimum Gasteiger partial charge on any atom is -0.103 e. The van der Waals surface area contributed by atoms with Crippen LogP contribution in [0, 0.1) is 5.92 Å². The maximum absolute atomic E-state index is 3.75. The Morgan fingerprint density at radius 3 is 2.00 bits per heavy atom. The standard InChI is InChI=1S/C12H24.CH4/c1-4-7-8-11-12(9-5-2)10-6-3;/h4,12H,1,5-11H2,2-3H3;1H4. The smallest absolute Gasteiger partial charge is 0.0353 e. The Labute approximate surface area is 85.4 Å². The van der Waals surface area contributed by atoms with Crippen molar-refractivity contribution < 1.29 is 0 Å². The fraction of sp³-hybridized carbons (Fsp3) is 0.846. The van der Waals surface area contributed by atoms with Gasteiger partial charge in [0.05, 0.1) is 0 Å². The van der Waals surface area contributed by atoms with Crippen LogP contribution in [0.3, 0.4) is 0 Å². The molecule has 0 aliphatic carbocycles. The molecule has 0 unspecified atom stereocenters. The van der Waals surface area contributed by atoms with Gasteiger partial charge in [-0.15, -0.1) is 6.58 Å². The average molecular weight is 184 g/mol. The summed E-state index contributed by atoms with van der Waals surface area (Å²) in [4.78, 5) is 0. The first-order valence-electron chi connectivity index (χ1n) is 5.46. The molecule has 0 atom stereocenters. The predicted octanol–water partition coefficient (Wildman–Crippen LogP) is 5.20. The zero-order valence-corrected chi connectivity index (χ0v) is 8.81. The third-order valence-electron chi connectivity index (χ3n) is 2.41. The highest BCUT2D eigenvalue weighted by Crippen LogP contribution is 2.19. The van der Waals surface area contributed by atoms with Crippen molar-refractivity contribution in [2.24, 2.45) is 5.92 Å². The van der Waals surface area contributed by atoms with Crippen LogP contribution in [0.4, 0.5) is 0 Å². The van der Waals surface area contributed by atoms with E-state index >= 15 is 0 Å². The topological polar surface area (TPSA) is 0 Å². The van der Waals surface area contributed by atoms with E-state index in [0.29, 0.717) is 0 Å². The zero-order chi connectivity index (χ0) is 9.23. The van der Waals surface area contributed by atoms with Crippen LogP contribution in [-0.4, -0.2) is 0 Å². The van der Waals surface area contributed by atoms with Crippen molar-refractivity contribution in [3.63, 3.8) is 0 Å². The van der Waals surface area contributed by atoms with Crippen molar-refractivity contribution in [2.45, 2.75) is 66.2 Å². The summed E-state index contributed by atoms with van der Waals surface area (Å²) < 4.78 is 0. The van der Waals surface area contributed by atoms with E-state index in [-0.39, 0.29) is 7.43 Å². The van der Waals surface area contributed by atoms with Crippen molar-refractivity contribution in [2.75, 3.05) is 0 Å². The molecule has 0 aromatic heterocycles. The van der Waals surface area contributed by atoms with Gasteiger partial charge in [-0.25, -0.2) is 0 Å². The lowest BCUT2D eigenvalue weighted by Crippen LogP contribution is -1.99. The van der Waals surface area contributed by atoms with E-state index in [4.69, 9.17) is 0 Å². The van der Waals surface area contributed by atoms with Gasteiger partial charge in [0.15, 0.2) is 0 Å². The Bertz CT molecular complexity index is 88.2. The van der Waals surface area contributed by atoms with Gasteiger partial charge >= 0.3 is 0 Å². The average Bonchev–Trinajstić information content (AvgIpc) is 2.06. The van der Waals surface area contributed by atoms with E-state index in [1.54, 1.807) is 0 Å². The minimum atomic E-state index is 0. The van der Waals surface area contributed by atoms with Gasteiger partial charge in [0.2, 0.25) is 0 Å². The van der Waals surface area contributed by atoms with E-state index in [9.17, 15) is 0 Å². The molecule has 0 aliphatic heterocycles. The molecule has 0 amide bonds. The normalized spacial score (nSPS) is 9.77. The lowest BCUT2D eigenvalue weighted by molar-refractivity contribution is 0.401. The molecule has 0 rings (SSSR count). The third kappa shape index (κ3) is 9.66. The van der Waals surface area contributed by atoms with Gasteiger partial charge in [-0.05, 0) is 18.8 Å². The summed E-state index contributed by atoms with van der Waals surface area (Å²) in [5, 5.41) is 0. The molecule has 0 spiro atoms. The van der Waals surface area contributed by atoms with Crippen LogP contribution < -0.4 is 0 Å². The monoisotopic (exact) mass is 184 g/mol. The summed E-state index contributed by atoms with van der Waals surface area (Å²) in [6.45, 7) is 8.33. The number of unbranched alkanes of at least 4 members (excludes halogenated alkanes) is 1. The lowest BCUT2D eigenvalue weighted by atomic mass is 9.93. The van der Waals surface area contributed by atoms with Crippen LogP contribution in [0.15, 0.2) is 12.7 Å². The lowest BCUT2D eigenvalue weighted by Gasteiger charge is -2.13. The highest BCUT2D eigenvalue weighted by atomic mass is 14.1. The highest BCUT2D eigenvalue weighted by molar-refractivity contribution is 4.67. The van der Waals surface area contributed by atoms with Gasteiger partial charge in [0.1, 0.15) is 0 Å². The molecule has 13 heavy (non-hydrogen) atoms. The van der Waals surface area contributed by atoms with E-state index in [0.717, 1.165) is 5.92 Å². The number of hydrogen-bond donors (Lipinski definition) is 0. The van der Waals surface area contributed by atoms with Crippen molar-refractivity contribution in [3.8, 4) is 0 Å². The number of allylic oxidation sites excluding steroid dienone is 1. The summed E-state index contributed by atoms with van der Waals surface area (Å²) in [6.07, 6.45) is 11.5. The van der Waals surface area contributed by atoms with Crippen LogP contribution in [0.5, 0.6) is 0 Å². The molecule has 0 saturated carbocycles. The Morgan fingerprint density at radius 1 is 1.08 bits per heavy atom. The molecule has 80 valence electrons. The zero-order valence-electron chi connectivity index (χ0n) is 8.81. The maximum Gasteiger partial charge on any atom is -0.0353 e. The summed E-state index contributed by atoms with van der Waals surface area (Å²) in [6, 6.07) is 0. The Morgan fingerprint density at radius 2 is 1.62 bits per heavy atom. The van der Waals surface area contributed by atoms with Crippen LogP contribution in [0.25, 0.3) is 0 Å². The van der Waals surface area contributed by atoms with Crippen molar-refractivity contribution in [1.29, 1.82) is 0 Å². The second-order valence-corrected chi connectivity index (χ2v) is 3.66. The maximum atomic E-state index is 3.75. The summed E-state index contributed by atoms with van der Waals surface area (Å²) in [5.41, 5.74) is 0. The molecule has 0 aromatic carbocycles. The van der Waals surface area contributed by atoms with E-state index < -0.39 is 0 Å². The van der Waals surface area contributed by atoms with Crippen LogP contribution in [-0.2, 0) is 0 Å². The van der Waals surface area contributed by atoms with Gasteiger partial charge < -0.3 is 0 Å². The third-order valence-corrected chi connectivity index (χ3v) is 2.41. The van der Waals surface area contributed by atoms with Crippen LogP contribution in [0.2, 0.25) is 0 Å². The van der Waals surface area contributed by atoms with Crippen molar-refractivity contribution in [3.05, 3.63) is 12.7 Å². The molecule has 0 N–H and O–H groups in total. The predicted molar refractivity (Wildman–Crippen MR) is 64.1 cm³/mol. The van der Waals surface area contributed by atoms with Gasteiger partial charge in [-0.1, -0.05) is 59.5 Å². The quantitative estimate of drug-likeness (QED) is 0.359. The Kier molecular flexibility index (Phi) is 13.7. The fourth-order valence-electron chi connectivity index (χ4n) is 1.80. The van der Waals surface area contributed by atoms with Gasteiger partial charge in [0.25, 0.3) is 0 Å². The largest absolute Gasteiger partial charge is 0.103 e. The van der Waals surface area contributed by atoms with Gasteiger partial charge in [-0.3, -0.25) is 0 Å². The molecular weight excluding hydrogens is 156 g/mol. The molecule has 0 heteroatoms. The minimum absolute atomic E-state index is 0. The fourth-order valence-corrected chi connectivity index (χ4v) is 1.80. The van der Waals surface area contributed by atoms with Crippen molar-refractivity contribution in [1.82, 2.24) is 0 Å². The van der Waals surface area contributed by atoms with E-state index in [1.165, 1.54) is 44.9 Å². The second-order valence-electron chi connectivity index (χ2n) is 3.66. The molecule has 0 aromatic rings. The highest BCUT2D eigenvalue weighted by Gasteiger charge is 2.04. The van der Waals surface area contributed by atoms with Crippen molar-refractivity contribution >= 4 is 0 Å². The summed E-state index contributed by atoms with van der Waals surface area (Å²) in [7, 11) is 0. The van der Waals surface area contributed by atoms with E-state index in [2.05, 4.69) is 20.4 Å². The summed E-state index contributed by atoms with van der Waals surface area (Å²) in [5.74, 6) is 0.986. The molecule has 0 fully saturated rings. The Hall–Kier alpha value is -0.260. The number of hydrogen-bond acceptors (Lipinski definition) is 0. The first-order valence-corrected chi connectivity index (χ1v) is 5.46. The SMILES string of the molecule is C.C=CCCCC(CCC)CCC. The van der Waals surface area contributed by atoms with Crippen LogP contribution in [0.1, 0.15) is 66.2 Å².